The van der Waals surface area contributed by atoms with Gasteiger partial charge in [0.2, 0.25) is 5.95 Å². The Kier molecular flexibility index (Phi) is 3.23. The molecule has 0 radical (unpaired) electrons. The number of H-pyrrole nitrogens is 1. The number of fused-ring (bicyclic) bond motifs is 2. The van der Waals surface area contributed by atoms with Crippen LogP contribution < -0.4 is 9.80 Å². The molecule has 1 saturated heterocycles. The lowest BCUT2D eigenvalue weighted by Crippen LogP contribution is -2.27. The van der Waals surface area contributed by atoms with Gasteiger partial charge in [0.15, 0.2) is 0 Å². The van der Waals surface area contributed by atoms with E-state index in [9.17, 15) is 0 Å². The minimum absolute atomic E-state index is 0.400. The Hall–Kier alpha value is -2.56. The van der Waals surface area contributed by atoms with Gasteiger partial charge in [0, 0.05) is 30.5 Å². The highest BCUT2D eigenvalue weighted by atomic mass is 15.3. The molecule has 128 valence electrons. The minimum atomic E-state index is 0.400. The van der Waals surface area contributed by atoms with E-state index < -0.39 is 0 Å². The number of aromatic amines is 1. The third-order valence-corrected chi connectivity index (χ3v) is 5.41. The van der Waals surface area contributed by atoms with Gasteiger partial charge in [-0.3, -0.25) is 0 Å². The van der Waals surface area contributed by atoms with Gasteiger partial charge >= 0.3 is 0 Å². The van der Waals surface area contributed by atoms with Crippen molar-refractivity contribution in [3.05, 3.63) is 41.6 Å². The van der Waals surface area contributed by atoms with E-state index in [0.29, 0.717) is 6.04 Å². The van der Waals surface area contributed by atoms with Gasteiger partial charge in [0.1, 0.15) is 11.5 Å². The zero-order valence-corrected chi connectivity index (χ0v) is 14.8. The normalized spacial score (nSPS) is 19.8. The fourth-order valence-electron chi connectivity index (χ4n) is 4.24. The summed E-state index contributed by atoms with van der Waals surface area (Å²) in [5.41, 5.74) is 4.75. The van der Waals surface area contributed by atoms with Crippen molar-refractivity contribution in [2.24, 2.45) is 0 Å². The van der Waals surface area contributed by atoms with E-state index in [2.05, 4.69) is 59.0 Å². The van der Waals surface area contributed by atoms with E-state index in [-0.39, 0.29) is 0 Å². The Morgan fingerprint density at radius 3 is 2.76 bits per heavy atom. The molecule has 2 aliphatic heterocycles. The van der Waals surface area contributed by atoms with Gasteiger partial charge in [0.05, 0.1) is 5.39 Å². The van der Waals surface area contributed by atoms with E-state index >= 15 is 0 Å². The van der Waals surface area contributed by atoms with E-state index in [1.54, 1.807) is 0 Å². The van der Waals surface area contributed by atoms with Crippen molar-refractivity contribution in [3.63, 3.8) is 0 Å². The van der Waals surface area contributed by atoms with E-state index in [1.807, 2.05) is 0 Å². The molecule has 0 bridgehead atoms. The fourth-order valence-corrected chi connectivity index (χ4v) is 4.24. The van der Waals surface area contributed by atoms with Crippen LogP contribution in [0.25, 0.3) is 11.0 Å². The number of aryl methyl sites for hydroxylation is 1. The lowest BCUT2D eigenvalue weighted by atomic mass is 10.1. The number of hydrogen-bond acceptors (Lipinski definition) is 4. The quantitative estimate of drug-likeness (QED) is 0.771. The van der Waals surface area contributed by atoms with Crippen molar-refractivity contribution in [2.45, 2.75) is 39.2 Å². The molecule has 1 atom stereocenters. The Bertz CT molecular complexity index is 938. The second kappa shape index (κ2) is 5.48. The second-order valence-electron chi connectivity index (χ2n) is 7.31. The molecule has 1 aromatic carbocycles. The van der Waals surface area contributed by atoms with Crippen molar-refractivity contribution in [1.82, 2.24) is 15.0 Å². The highest BCUT2D eigenvalue weighted by Crippen LogP contribution is 2.40. The Morgan fingerprint density at radius 2 is 1.92 bits per heavy atom. The van der Waals surface area contributed by atoms with Crippen LogP contribution in [0.1, 0.15) is 31.0 Å². The molecule has 0 saturated carbocycles. The molecule has 2 aliphatic rings. The molecule has 1 N–H and O–H groups in total. The first kappa shape index (κ1) is 14.8. The number of rotatable bonds is 2. The van der Waals surface area contributed by atoms with Gasteiger partial charge in [-0.15, -0.1) is 0 Å². The summed E-state index contributed by atoms with van der Waals surface area (Å²) >= 11 is 0. The average molecular weight is 333 g/mol. The first-order valence-electron chi connectivity index (χ1n) is 9.20. The van der Waals surface area contributed by atoms with E-state index in [0.717, 1.165) is 48.0 Å². The Balaban J connectivity index is 1.72. The smallest absolute Gasteiger partial charge is 0.229 e. The summed E-state index contributed by atoms with van der Waals surface area (Å²) in [5.74, 6) is 1.90. The van der Waals surface area contributed by atoms with Crippen LogP contribution in [0.3, 0.4) is 0 Å². The van der Waals surface area contributed by atoms with Crippen LogP contribution in [0, 0.1) is 6.92 Å². The van der Waals surface area contributed by atoms with Crippen molar-refractivity contribution >= 4 is 28.5 Å². The molecule has 5 rings (SSSR count). The zero-order chi connectivity index (χ0) is 17.0. The number of para-hydroxylation sites is 1. The number of nitrogens with one attached hydrogen (secondary N) is 1. The highest BCUT2D eigenvalue weighted by Gasteiger charge is 2.30. The molecular weight excluding hydrogens is 310 g/mol. The molecular formula is C20H23N5. The molecule has 5 nitrogen and oxygen atoms in total. The largest absolute Gasteiger partial charge is 0.343 e. The second-order valence-corrected chi connectivity index (χ2v) is 7.31. The minimum Gasteiger partial charge on any atom is -0.343 e. The molecule has 0 amide bonds. The summed E-state index contributed by atoms with van der Waals surface area (Å²) < 4.78 is 0. The molecule has 3 aromatic rings. The van der Waals surface area contributed by atoms with Crippen molar-refractivity contribution in [2.75, 3.05) is 22.9 Å². The summed E-state index contributed by atoms with van der Waals surface area (Å²) in [4.78, 5) is 18.0. The van der Waals surface area contributed by atoms with Crippen LogP contribution in [0.4, 0.5) is 17.5 Å². The Labute approximate surface area is 147 Å². The van der Waals surface area contributed by atoms with Gasteiger partial charge in [-0.2, -0.15) is 9.97 Å². The van der Waals surface area contributed by atoms with Crippen LogP contribution in [0.15, 0.2) is 30.3 Å². The maximum Gasteiger partial charge on any atom is 0.229 e. The molecule has 0 spiro atoms. The molecule has 2 aromatic heterocycles. The molecule has 1 fully saturated rings. The SMILES string of the molecule is Cc1cc2c(N3c4ccccc4CC3C)nc(N3CCCC3)nc2[nH]1. The first-order chi connectivity index (χ1) is 12.2. The van der Waals surface area contributed by atoms with Crippen LogP contribution in [0.5, 0.6) is 0 Å². The average Bonchev–Trinajstić information content (AvgIpc) is 3.30. The third kappa shape index (κ3) is 2.29. The summed E-state index contributed by atoms with van der Waals surface area (Å²) in [6.07, 6.45) is 3.51. The number of nitrogens with zero attached hydrogens (tertiary/aromatic N) is 4. The molecule has 4 heterocycles. The maximum atomic E-state index is 5.05. The summed E-state index contributed by atoms with van der Waals surface area (Å²) in [5, 5.41) is 1.11. The predicted octanol–water partition coefficient (Wildman–Crippen LogP) is 3.95. The molecule has 5 heteroatoms. The lowest BCUT2D eigenvalue weighted by Gasteiger charge is -2.26. The summed E-state index contributed by atoms with van der Waals surface area (Å²) in [6.45, 7) is 6.47. The molecule has 25 heavy (non-hydrogen) atoms. The third-order valence-electron chi connectivity index (χ3n) is 5.41. The van der Waals surface area contributed by atoms with E-state index in [1.165, 1.54) is 24.1 Å². The standard InChI is InChI=1S/C20H23N5/c1-13-11-16-18(21-13)22-20(24-9-5-6-10-24)23-19(16)25-14(2)12-15-7-3-4-8-17(15)25/h3-4,7-8,11,14H,5-6,9-10,12H2,1-2H3,(H,21,22,23). The number of benzene rings is 1. The van der Waals surface area contributed by atoms with Gasteiger partial charge < -0.3 is 14.8 Å². The number of aromatic nitrogens is 3. The predicted molar refractivity (Wildman–Crippen MR) is 102 cm³/mol. The van der Waals surface area contributed by atoms with Crippen molar-refractivity contribution in [1.29, 1.82) is 0 Å². The van der Waals surface area contributed by atoms with Crippen LogP contribution in [-0.2, 0) is 6.42 Å². The lowest BCUT2D eigenvalue weighted by molar-refractivity contribution is 0.750. The van der Waals surface area contributed by atoms with Gasteiger partial charge in [-0.05, 0) is 50.8 Å². The Morgan fingerprint density at radius 1 is 1.12 bits per heavy atom. The van der Waals surface area contributed by atoms with Crippen molar-refractivity contribution in [3.8, 4) is 0 Å². The van der Waals surface area contributed by atoms with Crippen LogP contribution in [0.2, 0.25) is 0 Å². The topological polar surface area (TPSA) is 48.1 Å². The highest BCUT2D eigenvalue weighted by molar-refractivity contribution is 5.93. The van der Waals surface area contributed by atoms with Gasteiger partial charge in [0.25, 0.3) is 0 Å². The number of hydrogen-bond donors (Lipinski definition) is 1. The number of anilines is 3. The molecule has 1 unspecified atom stereocenters. The summed E-state index contributed by atoms with van der Waals surface area (Å²) in [7, 11) is 0. The van der Waals surface area contributed by atoms with Crippen molar-refractivity contribution < 1.29 is 0 Å². The monoisotopic (exact) mass is 333 g/mol. The van der Waals surface area contributed by atoms with E-state index in [4.69, 9.17) is 9.97 Å². The first-order valence-corrected chi connectivity index (χ1v) is 9.20. The molecule has 0 aliphatic carbocycles. The maximum absolute atomic E-state index is 5.05. The van der Waals surface area contributed by atoms with Crippen LogP contribution in [-0.4, -0.2) is 34.1 Å². The van der Waals surface area contributed by atoms with Gasteiger partial charge in [-0.1, -0.05) is 18.2 Å². The fraction of sp³-hybridized carbons (Fsp3) is 0.400. The summed E-state index contributed by atoms with van der Waals surface area (Å²) in [6, 6.07) is 11.3. The van der Waals surface area contributed by atoms with Crippen LogP contribution >= 0.6 is 0 Å². The van der Waals surface area contributed by atoms with Gasteiger partial charge in [-0.25, -0.2) is 0 Å². The zero-order valence-electron chi connectivity index (χ0n) is 14.8.